The molecule has 1 rings (SSSR count). The van der Waals surface area contributed by atoms with Crippen LogP contribution in [0.15, 0.2) is 0 Å². The molecule has 1 aliphatic rings. The first-order valence-electron chi connectivity index (χ1n) is 5.97. The Hall–Kier alpha value is -1.30. The Morgan fingerprint density at radius 1 is 1.53 bits per heavy atom. The van der Waals surface area contributed by atoms with E-state index in [0.29, 0.717) is 19.0 Å². The molecule has 0 aliphatic carbocycles. The molecule has 0 spiro atoms. The standard InChI is InChI=1S/C11H20N2O4/c1-2-8-4-3-5-13(6-8)11(17)12-9(7-14)10(15)16/h8-9,14H,2-7H2,1H3,(H,12,17)(H,15,16). The Morgan fingerprint density at radius 2 is 2.24 bits per heavy atom. The fraction of sp³-hybridized carbons (Fsp3) is 0.818. The van der Waals surface area contributed by atoms with Gasteiger partial charge >= 0.3 is 12.0 Å². The molecule has 3 N–H and O–H groups in total. The van der Waals surface area contributed by atoms with Gasteiger partial charge in [0.15, 0.2) is 6.04 Å². The molecule has 2 amide bonds. The number of aliphatic carboxylic acids is 1. The lowest BCUT2D eigenvalue weighted by Crippen LogP contribution is -2.51. The summed E-state index contributed by atoms with van der Waals surface area (Å²) in [5.74, 6) is -0.725. The van der Waals surface area contributed by atoms with Gasteiger partial charge in [-0.1, -0.05) is 13.3 Å². The second kappa shape index (κ2) is 6.44. The number of carbonyl (C=O) groups is 2. The number of aliphatic hydroxyl groups is 1. The van der Waals surface area contributed by atoms with Crippen LogP contribution in [-0.4, -0.2) is 52.9 Å². The lowest BCUT2D eigenvalue weighted by molar-refractivity contribution is -0.140. The van der Waals surface area contributed by atoms with Gasteiger partial charge in [0, 0.05) is 13.1 Å². The van der Waals surface area contributed by atoms with E-state index < -0.39 is 24.6 Å². The molecule has 0 aromatic heterocycles. The molecule has 6 nitrogen and oxygen atoms in total. The van der Waals surface area contributed by atoms with Crippen molar-refractivity contribution in [2.45, 2.75) is 32.2 Å². The number of amides is 2. The van der Waals surface area contributed by atoms with Gasteiger partial charge < -0.3 is 20.4 Å². The maximum absolute atomic E-state index is 11.8. The van der Waals surface area contributed by atoms with Gasteiger partial charge in [0.2, 0.25) is 0 Å². The van der Waals surface area contributed by atoms with Crippen LogP contribution in [0.5, 0.6) is 0 Å². The Morgan fingerprint density at radius 3 is 2.76 bits per heavy atom. The first kappa shape index (κ1) is 13.8. The third kappa shape index (κ3) is 3.89. The quantitative estimate of drug-likeness (QED) is 0.662. The van der Waals surface area contributed by atoms with E-state index in [1.165, 1.54) is 0 Å². The molecular formula is C11H20N2O4. The summed E-state index contributed by atoms with van der Waals surface area (Å²) < 4.78 is 0. The van der Waals surface area contributed by atoms with E-state index in [1.54, 1.807) is 4.90 Å². The maximum atomic E-state index is 11.8. The van der Waals surface area contributed by atoms with E-state index in [1.807, 2.05) is 0 Å². The molecule has 2 unspecified atom stereocenters. The third-order valence-corrected chi connectivity index (χ3v) is 3.16. The molecule has 1 fully saturated rings. The van der Waals surface area contributed by atoms with Crippen LogP contribution in [0.4, 0.5) is 4.79 Å². The van der Waals surface area contributed by atoms with E-state index >= 15 is 0 Å². The van der Waals surface area contributed by atoms with Crippen molar-refractivity contribution in [1.82, 2.24) is 10.2 Å². The normalized spacial score (nSPS) is 22.0. The molecule has 0 radical (unpaired) electrons. The number of carboxylic acid groups (broad SMARTS) is 1. The molecule has 0 aromatic rings. The van der Waals surface area contributed by atoms with Crippen LogP contribution in [0, 0.1) is 5.92 Å². The van der Waals surface area contributed by atoms with Crippen molar-refractivity contribution in [2.24, 2.45) is 5.92 Å². The summed E-state index contributed by atoms with van der Waals surface area (Å²) in [4.78, 5) is 24.1. The fourth-order valence-electron chi connectivity index (χ4n) is 2.01. The molecule has 1 saturated heterocycles. The third-order valence-electron chi connectivity index (χ3n) is 3.16. The Labute approximate surface area is 101 Å². The van der Waals surface area contributed by atoms with Gasteiger partial charge in [0.1, 0.15) is 0 Å². The lowest BCUT2D eigenvalue weighted by Gasteiger charge is -2.32. The number of aliphatic hydroxyl groups excluding tert-OH is 1. The fourth-order valence-corrected chi connectivity index (χ4v) is 2.01. The number of rotatable bonds is 4. The van der Waals surface area contributed by atoms with Crippen LogP contribution in [-0.2, 0) is 4.79 Å². The van der Waals surface area contributed by atoms with Crippen LogP contribution in [0.3, 0.4) is 0 Å². The molecule has 0 saturated carbocycles. The number of nitrogens with zero attached hydrogens (tertiary/aromatic N) is 1. The molecule has 0 aromatic carbocycles. The molecule has 0 bridgehead atoms. The van der Waals surface area contributed by atoms with Gasteiger partial charge in [0.25, 0.3) is 0 Å². The Bertz CT molecular complexity index is 283. The summed E-state index contributed by atoms with van der Waals surface area (Å²) in [6, 6.07) is -1.62. The van der Waals surface area contributed by atoms with Crippen LogP contribution in [0.2, 0.25) is 0 Å². The molecule has 6 heteroatoms. The highest BCUT2D eigenvalue weighted by Crippen LogP contribution is 2.18. The van der Waals surface area contributed by atoms with Gasteiger partial charge in [-0.3, -0.25) is 0 Å². The van der Waals surface area contributed by atoms with Gasteiger partial charge in [0.05, 0.1) is 6.61 Å². The number of piperidine rings is 1. The van der Waals surface area contributed by atoms with Crippen molar-refractivity contribution in [2.75, 3.05) is 19.7 Å². The number of nitrogens with one attached hydrogen (secondary N) is 1. The summed E-state index contributed by atoms with van der Waals surface area (Å²) in [6.07, 6.45) is 3.08. The summed E-state index contributed by atoms with van der Waals surface area (Å²) >= 11 is 0. The molecule has 1 aliphatic heterocycles. The number of urea groups is 1. The summed E-state index contributed by atoms with van der Waals surface area (Å²) in [7, 11) is 0. The predicted octanol–water partition coefficient (Wildman–Crippen LogP) is 0.263. The Balaban J connectivity index is 2.48. The second-order valence-electron chi connectivity index (χ2n) is 4.39. The van der Waals surface area contributed by atoms with Crippen molar-refractivity contribution in [3.8, 4) is 0 Å². The predicted molar refractivity (Wildman–Crippen MR) is 61.6 cm³/mol. The SMILES string of the molecule is CCC1CCCN(C(=O)NC(CO)C(=O)O)C1. The van der Waals surface area contributed by atoms with E-state index in [4.69, 9.17) is 10.2 Å². The van der Waals surface area contributed by atoms with Crippen LogP contribution >= 0.6 is 0 Å². The lowest BCUT2D eigenvalue weighted by atomic mass is 9.96. The van der Waals surface area contributed by atoms with Crippen molar-refractivity contribution < 1.29 is 19.8 Å². The van der Waals surface area contributed by atoms with Crippen molar-refractivity contribution in [3.05, 3.63) is 0 Å². The average Bonchev–Trinajstić information content (AvgIpc) is 2.35. The minimum absolute atomic E-state index is 0.399. The highest BCUT2D eigenvalue weighted by atomic mass is 16.4. The zero-order valence-electron chi connectivity index (χ0n) is 10.1. The van der Waals surface area contributed by atoms with Crippen molar-refractivity contribution >= 4 is 12.0 Å². The maximum Gasteiger partial charge on any atom is 0.328 e. The highest BCUT2D eigenvalue weighted by Gasteiger charge is 2.26. The number of hydrogen-bond donors (Lipinski definition) is 3. The molecule has 98 valence electrons. The zero-order valence-corrected chi connectivity index (χ0v) is 10.1. The molecule has 17 heavy (non-hydrogen) atoms. The van der Waals surface area contributed by atoms with Gasteiger partial charge in [-0.05, 0) is 18.8 Å². The smallest absolute Gasteiger partial charge is 0.328 e. The minimum Gasteiger partial charge on any atom is -0.480 e. The average molecular weight is 244 g/mol. The van der Waals surface area contributed by atoms with E-state index in [0.717, 1.165) is 19.3 Å². The number of carbonyl (C=O) groups excluding carboxylic acids is 1. The van der Waals surface area contributed by atoms with E-state index in [2.05, 4.69) is 12.2 Å². The Kier molecular flexibility index (Phi) is 5.21. The van der Waals surface area contributed by atoms with E-state index in [-0.39, 0.29) is 0 Å². The summed E-state index contributed by atoms with van der Waals surface area (Å²) in [6.45, 7) is 2.81. The second-order valence-corrected chi connectivity index (χ2v) is 4.39. The molecule has 2 atom stereocenters. The first-order chi connectivity index (χ1) is 8.08. The van der Waals surface area contributed by atoms with Gasteiger partial charge in [-0.15, -0.1) is 0 Å². The number of hydrogen-bond acceptors (Lipinski definition) is 3. The van der Waals surface area contributed by atoms with Crippen LogP contribution < -0.4 is 5.32 Å². The number of carboxylic acids is 1. The first-order valence-corrected chi connectivity index (χ1v) is 5.97. The van der Waals surface area contributed by atoms with Crippen LogP contribution in [0.1, 0.15) is 26.2 Å². The summed E-state index contributed by atoms with van der Waals surface area (Å²) in [5.41, 5.74) is 0. The zero-order chi connectivity index (χ0) is 12.8. The largest absolute Gasteiger partial charge is 0.480 e. The number of likely N-dealkylation sites (tertiary alicyclic amines) is 1. The highest BCUT2D eigenvalue weighted by molar-refractivity contribution is 5.82. The summed E-state index contributed by atoms with van der Waals surface area (Å²) in [5, 5.41) is 19.9. The monoisotopic (exact) mass is 244 g/mol. The van der Waals surface area contributed by atoms with E-state index in [9.17, 15) is 9.59 Å². The van der Waals surface area contributed by atoms with Gasteiger partial charge in [-0.2, -0.15) is 0 Å². The van der Waals surface area contributed by atoms with Crippen molar-refractivity contribution in [1.29, 1.82) is 0 Å². The van der Waals surface area contributed by atoms with Crippen molar-refractivity contribution in [3.63, 3.8) is 0 Å². The minimum atomic E-state index is -1.22. The molecular weight excluding hydrogens is 224 g/mol. The van der Waals surface area contributed by atoms with Crippen LogP contribution in [0.25, 0.3) is 0 Å². The topological polar surface area (TPSA) is 89.9 Å². The molecule has 1 heterocycles. The van der Waals surface area contributed by atoms with Gasteiger partial charge in [-0.25, -0.2) is 9.59 Å².